The molecule has 2 aliphatic rings. The van der Waals surface area contributed by atoms with Crippen molar-refractivity contribution < 1.29 is 19.4 Å². The summed E-state index contributed by atoms with van der Waals surface area (Å²) in [4.78, 5) is 26.9. The van der Waals surface area contributed by atoms with Crippen LogP contribution in [0.4, 0.5) is 0 Å². The van der Waals surface area contributed by atoms with E-state index in [1.807, 2.05) is 0 Å². The standard InChI is InChI=1S/C17H22N2O4/c20-15(12-4-5-14(16(21)22)18-11-12)19-13-6-9-23-17(10-13)7-2-1-3-8-17/h4-5,11,13H,1-3,6-10H2,(H,19,20)(H,21,22). The highest BCUT2D eigenvalue weighted by Crippen LogP contribution is 2.38. The minimum absolute atomic E-state index is 0.0557. The molecule has 1 atom stereocenters. The molecule has 1 saturated carbocycles. The lowest BCUT2D eigenvalue weighted by Crippen LogP contribution is -2.49. The van der Waals surface area contributed by atoms with Crippen molar-refractivity contribution in [3.05, 3.63) is 29.6 Å². The smallest absolute Gasteiger partial charge is 0.354 e. The van der Waals surface area contributed by atoms with E-state index in [2.05, 4.69) is 10.3 Å². The first-order valence-electron chi connectivity index (χ1n) is 8.22. The Bertz CT molecular complexity index is 573. The van der Waals surface area contributed by atoms with Gasteiger partial charge >= 0.3 is 5.97 Å². The van der Waals surface area contributed by atoms with Crippen molar-refractivity contribution in [3.63, 3.8) is 0 Å². The van der Waals surface area contributed by atoms with Crippen molar-refractivity contribution in [1.82, 2.24) is 10.3 Å². The normalized spacial score (nSPS) is 23.4. The summed E-state index contributed by atoms with van der Waals surface area (Å²) in [6.07, 6.45) is 8.80. The zero-order chi connectivity index (χ0) is 16.3. The van der Waals surface area contributed by atoms with Gasteiger partial charge in [-0.25, -0.2) is 9.78 Å². The molecular formula is C17H22N2O4. The molecule has 1 unspecified atom stereocenters. The summed E-state index contributed by atoms with van der Waals surface area (Å²) in [7, 11) is 0. The fourth-order valence-electron chi connectivity index (χ4n) is 3.62. The second-order valence-electron chi connectivity index (χ2n) is 6.49. The summed E-state index contributed by atoms with van der Waals surface area (Å²) in [5.74, 6) is -1.30. The highest BCUT2D eigenvalue weighted by atomic mass is 16.5. The molecule has 0 radical (unpaired) electrons. The van der Waals surface area contributed by atoms with Gasteiger partial charge in [-0.2, -0.15) is 0 Å². The fraction of sp³-hybridized carbons (Fsp3) is 0.588. The van der Waals surface area contributed by atoms with Gasteiger partial charge < -0.3 is 15.2 Å². The second-order valence-corrected chi connectivity index (χ2v) is 6.49. The molecule has 23 heavy (non-hydrogen) atoms. The summed E-state index contributed by atoms with van der Waals surface area (Å²) in [5.41, 5.74) is 0.271. The highest BCUT2D eigenvalue weighted by molar-refractivity contribution is 5.95. The van der Waals surface area contributed by atoms with Crippen LogP contribution in [0.25, 0.3) is 0 Å². The SMILES string of the molecule is O=C(NC1CCOC2(CCCCC2)C1)c1ccc(C(=O)O)nc1. The minimum atomic E-state index is -1.10. The molecule has 2 fully saturated rings. The quantitative estimate of drug-likeness (QED) is 0.893. The Labute approximate surface area is 135 Å². The summed E-state index contributed by atoms with van der Waals surface area (Å²) in [6.45, 7) is 0.682. The van der Waals surface area contributed by atoms with Crippen molar-refractivity contribution in [2.24, 2.45) is 0 Å². The fourth-order valence-corrected chi connectivity index (χ4v) is 3.62. The molecule has 1 spiro atoms. The number of carbonyl (C=O) groups excluding carboxylic acids is 1. The molecule has 6 heteroatoms. The Morgan fingerprint density at radius 2 is 2.04 bits per heavy atom. The number of carbonyl (C=O) groups is 2. The molecule has 1 amide bonds. The Balaban J connectivity index is 1.61. The number of ether oxygens (including phenoxy) is 1. The van der Waals surface area contributed by atoms with Crippen molar-refractivity contribution in [3.8, 4) is 0 Å². The van der Waals surface area contributed by atoms with Crippen LogP contribution in [0.3, 0.4) is 0 Å². The summed E-state index contributed by atoms with van der Waals surface area (Å²) in [6, 6.07) is 2.96. The van der Waals surface area contributed by atoms with E-state index in [0.29, 0.717) is 12.2 Å². The van der Waals surface area contributed by atoms with Crippen molar-refractivity contribution in [1.29, 1.82) is 0 Å². The third kappa shape index (κ3) is 3.69. The van der Waals surface area contributed by atoms with Crippen LogP contribution >= 0.6 is 0 Å². The Morgan fingerprint density at radius 3 is 2.70 bits per heavy atom. The van der Waals surface area contributed by atoms with Gasteiger partial charge in [0.1, 0.15) is 5.69 Å². The van der Waals surface area contributed by atoms with Crippen LogP contribution in [-0.4, -0.2) is 40.2 Å². The van der Waals surface area contributed by atoms with Crippen LogP contribution in [-0.2, 0) is 4.74 Å². The van der Waals surface area contributed by atoms with Crippen molar-refractivity contribution >= 4 is 11.9 Å². The van der Waals surface area contributed by atoms with Gasteiger partial charge in [0.25, 0.3) is 5.91 Å². The van der Waals surface area contributed by atoms with E-state index >= 15 is 0 Å². The van der Waals surface area contributed by atoms with Crippen LogP contribution < -0.4 is 5.32 Å². The maximum atomic E-state index is 12.3. The maximum Gasteiger partial charge on any atom is 0.354 e. The number of aromatic carboxylic acids is 1. The van der Waals surface area contributed by atoms with Gasteiger partial charge in [0.15, 0.2) is 0 Å². The molecule has 2 N–H and O–H groups in total. The molecule has 2 heterocycles. The molecule has 0 aromatic carbocycles. The van der Waals surface area contributed by atoms with Crippen molar-refractivity contribution in [2.75, 3.05) is 6.61 Å². The largest absolute Gasteiger partial charge is 0.477 e. The Hall–Kier alpha value is -1.95. The molecule has 1 aliphatic carbocycles. The van der Waals surface area contributed by atoms with E-state index in [0.717, 1.165) is 25.7 Å². The third-order valence-electron chi connectivity index (χ3n) is 4.84. The van der Waals surface area contributed by atoms with E-state index in [4.69, 9.17) is 9.84 Å². The summed E-state index contributed by atoms with van der Waals surface area (Å²) in [5, 5.41) is 11.9. The highest BCUT2D eigenvalue weighted by Gasteiger charge is 2.38. The number of carboxylic acid groups (broad SMARTS) is 1. The topological polar surface area (TPSA) is 88.5 Å². The van der Waals surface area contributed by atoms with Crippen LogP contribution in [0, 0.1) is 0 Å². The number of hydrogen-bond donors (Lipinski definition) is 2. The molecule has 3 rings (SSSR count). The number of hydrogen-bond acceptors (Lipinski definition) is 4. The zero-order valence-electron chi connectivity index (χ0n) is 13.1. The number of amides is 1. The number of carboxylic acids is 1. The molecule has 1 aliphatic heterocycles. The van der Waals surface area contributed by atoms with E-state index in [-0.39, 0.29) is 23.2 Å². The number of aromatic nitrogens is 1. The van der Waals surface area contributed by atoms with Gasteiger partial charge in [0.2, 0.25) is 0 Å². The number of rotatable bonds is 3. The second kappa shape index (κ2) is 6.66. The average Bonchev–Trinajstić information content (AvgIpc) is 2.55. The molecule has 0 bridgehead atoms. The third-order valence-corrected chi connectivity index (χ3v) is 4.84. The zero-order valence-corrected chi connectivity index (χ0v) is 13.1. The first-order valence-corrected chi connectivity index (χ1v) is 8.22. The van der Waals surface area contributed by atoms with Crippen LogP contribution in [0.1, 0.15) is 65.8 Å². The summed E-state index contributed by atoms with van der Waals surface area (Å²) < 4.78 is 6.04. The molecule has 1 saturated heterocycles. The lowest BCUT2D eigenvalue weighted by Gasteiger charge is -2.43. The molecule has 6 nitrogen and oxygen atoms in total. The molecular weight excluding hydrogens is 296 g/mol. The predicted octanol–water partition coefficient (Wildman–Crippen LogP) is 2.39. The first kappa shape index (κ1) is 15.9. The minimum Gasteiger partial charge on any atom is -0.477 e. The van der Waals surface area contributed by atoms with E-state index < -0.39 is 5.97 Å². The Kier molecular flexibility index (Phi) is 4.61. The number of nitrogens with zero attached hydrogens (tertiary/aromatic N) is 1. The van der Waals surface area contributed by atoms with Gasteiger partial charge in [0, 0.05) is 18.8 Å². The average molecular weight is 318 g/mol. The van der Waals surface area contributed by atoms with E-state index in [1.165, 1.54) is 37.6 Å². The number of pyridine rings is 1. The monoisotopic (exact) mass is 318 g/mol. The number of nitrogens with one attached hydrogen (secondary N) is 1. The molecule has 1 aromatic rings. The van der Waals surface area contributed by atoms with Crippen LogP contribution in [0.15, 0.2) is 18.3 Å². The van der Waals surface area contributed by atoms with Gasteiger partial charge in [-0.05, 0) is 37.8 Å². The lowest BCUT2D eigenvalue weighted by molar-refractivity contribution is -0.107. The van der Waals surface area contributed by atoms with Gasteiger partial charge in [-0.1, -0.05) is 19.3 Å². The molecule has 124 valence electrons. The predicted molar refractivity (Wildman–Crippen MR) is 83.5 cm³/mol. The first-order chi connectivity index (χ1) is 11.1. The van der Waals surface area contributed by atoms with Gasteiger partial charge in [0.05, 0.1) is 11.2 Å². The van der Waals surface area contributed by atoms with Gasteiger partial charge in [-0.3, -0.25) is 4.79 Å². The maximum absolute atomic E-state index is 12.3. The molecule has 1 aromatic heterocycles. The summed E-state index contributed by atoms with van der Waals surface area (Å²) >= 11 is 0. The van der Waals surface area contributed by atoms with Crippen molar-refractivity contribution in [2.45, 2.75) is 56.6 Å². The van der Waals surface area contributed by atoms with Crippen LogP contribution in [0.2, 0.25) is 0 Å². The van der Waals surface area contributed by atoms with E-state index in [9.17, 15) is 9.59 Å². The lowest BCUT2D eigenvalue weighted by atomic mass is 9.78. The van der Waals surface area contributed by atoms with E-state index in [1.54, 1.807) is 0 Å². The van der Waals surface area contributed by atoms with Crippen LogP contribution in [0.5, 0.6) is 0 Å². The Morgan fingerprint density at radius 1 is 1.26 bits per heavy atom. The van der Waals surface area contributed by atoms with Gasteiger partial charge in [-0.15, -0.1) is 0 Å².